The molecule has 1 aromatic carbocycles. The number of aromatic nitrogens is 2. The molecule has 2 amide bonds. The van der Waals surface area contributed by atoms with E-state index in [0.29, 0.717) is 23.6 Å². The summed E-state index contributed by atoms with van der Waals surface area (Å²) >= 11 is 0. The summed E-state index contributed by atoms with van der Waals surface area (Å²) in [6.07, 6.45) is 4.29. The van der Waals surface area contributed by atoms with Crippen LogP contribution in [0.15, 0.2) is 36.9 Å². The van der Waals surface area contributed by atoms with E-state index < -0.39 is 6.10 Å². The lowest BCUT2D eigenvalue weighted by Gasteiger charge is -2.18. The van der Waals surface area contributed by atoms with Gasteiger partial charge in [-0.25, -0.2) is 9.78 Å². The number of methoxy groups -OCH3 is 2. The smallest absolute Gasteiger partial charge is 0.315 e. The first-order chi connectivity index (χ1) is 12.0. The summed E-state index contributed by atoms with van der Waals surface area (Å²) in [6, 6.07) is 4.70. The van der Waals surface area contributed by atoms with Gasteiger partial charge in [-0.1, -0.05) is 0 Å². The molecule has 0 unspecified atom stereocenters. The molecule has 0 saturated carbocycles. The zero-order valence-electron chi connectivity index (χ0n) is 14.6. The van der Waals surface area contributed by atoms with Crippen molar-refractivity contribution in [2.24, 2.45) is 0 Å². The number of nitrogens with zero attached hydrogens (tertiary/aromatic N) is 2. The number of benzene rings is 1. The molecule has 0 aliphatic heterocycles. The fraction of sp³-hybridized carbons (Fsp3) is 0.412. The van der Waals surface area contributed by atoms with Crippen LogP contribution < -0.4 is 20.1 Å². The predicted molar refractivity (Wildman–Crippen MR) is 92.7 cm³/mol. The SMILES string of the molecule is COc1ccc(OC)c([C@@H](O)CNC(=O)N[C@H](C)Cn2ccnc2)c1. The molecule has 2 atom stereocenters. The first kappa shape index (κ1) is 18.6. The Morgan fingerprint density at radius 3 is 2.80 bits per heavy atom. The van der Waals surface area contributed by atoms with Gasteiger partial charge in [-0.15, -0.1) is 0 Å². The lowest BCUT2D eigenvalue weighted by atomic mass is 10.1. The minimum Gasteiger partial charge on any atom is -0.497 e. The lowest BCUT2D eigenvalue weighted by Crippen LogP contribution is -2.43. The second-order valence-corrected chi connectivity index (χ2v) is 5.64. The van der Waals surface area contributed by atoms with Crippen LogP contribution in [0.2, 0.25) is 0 Å². The van der Waals surface area contributed by atoms with Gasteiger partial charge in [0.05, 0.1) is 20.5 Å². The van der Waals surface area contributed by atoms with E-state index in [4.69, 9.17) is 9.47 Å². The molecule has 0 aliphatic carbocycles. The second-order valence-electron chi connectivity index (χ2n) is 5.64. The van der Waals surface area contributed by atoms with Crippen molar-refractivity contribution in [1.82, 2.24) is 20.2 Å². The number of nitrogens with one attached hydrogen (secondary N) is 2. The summed E-state index contributed by atoms with van der Waals surface area (Å²) < 4.78 is 12.3. The van der Waals surface area contributed by atoms with Crippen LogP contribution in [0.1, 0.15) is 18.6 Å². The summed E-state index contributed by atoms with van der Waals surface area (Å²) in [7, 11) is 3.07. The molecule has 1 heterocycles. The molecule has 0 radical (unpaired) electrons. The van der Waals surface area contributed by atoms with E-state index in [-0.39, 0.29) is 18.6 Å². The van der Waals surface area contributed by atoms with Crippen LogP contribution in [0.25, 0.3) is 0 Å². The van der Waals surface area contributed by atoms with E-state index in [1.165, 1.54) is 7.11 Å². The summed E-state index contributed by atoms with van der Waals surface area (Å²) in [5.74, 6) is 1.14. The van der Waals surface area contributed by atoms with Gasteiger partial charge >= 0.3 is 6.03 Å². The third-order valence-electron chi connectivity index (χ3n) is 3.67. The van der Waals surface area contributed by atoms with Crippen molar-refractivity contribution in [2.45, 2.75) is 25.6 Å². The first-order valence-corrected chi connectivity index (χ1v) is 7.93. The number of rotatable bonds is 8. The minimum atomic E-state index is -0.917. The molecule has 0 spiro atoms. The molecule has 3 N–H and O–H groups in total. The van der Waals surface area contributed by atoms with Gasteiger partial charge in [-0.2, -0.15) is 0 Å². The van der Waals surface area contributed by atoms with Gasteiger partial charge in [0.25, 0.3) is 0 Å². The zero-order valence-corrected chi connectivity index (χ0v) is 14.6. The third-order valence-corrected chi connectivity index (χ3v) is 3.67. The molecule has 136 valence electrons. The summed E-state index contributed by atoms with van der Waals surface area (Å²) in [4.78, 5) is 15.9. The Balaban J connectivity index is 1.86. The Kier molecular flexibility index (Phi) is 6.64. The highest BCUT2D eigenvalue weighted by Gasteiger charge is 2.16. The van der Waals surface area contributed by atoms with E-state index in [1.807, 2.05) is 17.7 Å². The van der Waals surface area contributed by atoms with Crippen LogP contribution in [-0.2, 0) is 6.54 Å². The highest BCUT2D eigenvalue weighted by atomic mass is 16.5. The Morgan fingerprint density at radius 1 is 1.36 bits per heavy atom. The fourth-order valence-electron chi connectivity index (χ4n) is 2.43. The molecule has 1 aromatic heterocycles. The van der Waals surface area contributed by atoms with Crippen molar-refractivity contribution >= 4 is 6.03 Å². The van der Waals surface area contributed by atoms with Crippen LogP contribution in [-0.4, -0.2) is 47.5 Å². The number of carbonyl (C=O) groups is 1. The van der Waals surface area contributed by atoms with Crippen LogP contribution >= 0.6 is 0 Å². The first-order valence-electron chi connectivity index (χ1n) is 7.93. The number of imidazole rings is 1. The van der Waals surface area contributed by atoms with Crippen molar-refractivity contribution in [1.29, 1.82) is 0 Å². The standard InChI is InChI=1S/C17H24N4O4/c1-12(10-21-7-6-18-11-21)20-17(23)19-9-15(22)14-8-13(24-2)4-5-16(14)25-3/h4-8,11-12,15,22H,9-10H2,1-3H3,(H2,19,20,23)/t12-,15+/m1/s1. The summed E-state index contributed by atoms with van der Waals surface area (Å²) in [6.45, 7) is 2.55. The number of amides is 2. The normalized spacial score (nSPS) is 13.0. The zero-order chi connectivity index (χ0) is 18.2. The Labute approximate surface area is 146 Å². The van der Waals surface area contributed by atoms with E-state index >= 15 is 0 Å². The molecule has 25 heavy (non-hydrogen) atoms. The minimum absolute atomic E-state index is 0.0488. The molecule has 8 heteroatoms. The maximum absolute atomic E-state index is 12.0. The molecule has 0 bridgehead atoms. The average molecular weight is 348 g/mol. The van der Waals surface area contributed by atoms with Gasteiger partial charge < -0.3 is 29.8 Å². The van der Waals surface area contributed by atoms with Crippen molar-refractivity contribution in [3.8, 4) is 11.5 Å². The molecule has 0 saturated heterocycles. The van der Waals surface area contributed by atoms with Crippen molar-refractivity contribution < 1.29 is 19.4 Å². The predicted octanol–water partition coefficient (Wildman–Crippen LogP) is 1.32. The van der Waals surface area contributed by atoms with Crippen LogP contribution in [0.5, 0.6) is 11.5 Å². The van der Waals surface area contributed by atoms with E-state index in [2.05, 4.69) is 15.6 Å². The lowest BCUT2D eigenvalue weighted by molar-refractivity contribution is 0.168. The van der Waals surface area contributed by atoms with Crippen molar-refractivity contribution in [2.75, 3.05) is 20.8 Å². The topological polar surface area (TPSA) is 97.6 Å². The maximum atomic E-state index is 12.0. The molecule has 0 aliphatic rings. The molecule has 0 fully saturated rings. The maximum Gasteiger partial charge on any atom is 0.315 e. The average Bonchev–Trinajstić information content (AvgIpc) is 3.11. The second kappa shape index (κ2) is 8.93. The van der Waals surface area contributed by atoms with E-state index in [1.54, 1.807) is 37.8 Å². The number of aliphatic hydroxyl groups excluding tert-OH is 1. The Hall–Kier alpha value is -2.74. The Bertz CT molecular complexity index is 675. The van der Waals surface area contributed by atoms with Gasteiger partial charge in [-0.05, 0) is 25.1 Å². The van der Waals surface area contributed by atoms with Gasteiger partial charge in [0, 0.05) is 37.1 Å². The van der Waals surface area contributed by atoms with Gasteiger partial charge in [0.15, 0.2) is 0 Å². The number of hydrogen-bond donors (Lipinski definition) is 3. The number of carbonyl (C=O) groups excluding carboxylic acids is 1. The molecular formula is C17H24N4O4. The fourth-order valence-corrected chi connectivity index (χ4v) is 2.43. The monoisotopic (exact) mass is 348 g/mol. The third kappa shape index (κ3) is 5.39. The number of urea groups is 1. The molecule has 2 rings (SSSR count). The van der Waals surface area contributed by atoms with Crippen LogP contribution in [0, 0.1) is 0 Å². The van der Waals surface area contributed by atoms with Gasteiger partial charge in [0.2, 0.25) is 0 Å². The van der Waals surface area contributed by atoms with Gasteiger partial charge in [0.1, 0.15) is 17.6 Å². The Morgan fingerprint density at radius 2 is 2.16 bits per heavy atom. The van der Waals surface area contributed by atoms with Crippen LogP contribution in [0.4, 0.5) is 4.79 Å². The van der Waals surface area contributed by atoms with E-state index in [0.717, 1.165) is 0 Å². The number of aliphatic hydroxyl groups is 1. The number of ether oxygens (including phenoxy) is 2. The highest BCUT2D eigenvalue weighted by Crippen LogP contribution is 2.28. The summed E-state index contributed by atoms with van der Waals surface area (Å²) in [5, 5.41) is 15.8. The quantitative estimate of drug-likeness (QED) is 0.668. The van der Waals surface area contributed by atoms with Crippen molar-refractivity contribution in [3.63, 3.8) is 0 Å². The van der Waals surface area contributed by atoms with Crippen molar-refractivity contribution in [3.05, 3.63) is 42.5 Å². The number of hydrogen-bond acceptors (Lipinski definition) is 5. The van der Waals surface area contributed by atoms with Gasteiger partial charge in [-0.3, -0.25) is 0 Å². The molecule has 2 aromatic rings. The highest BCUT2D eigenvalue weighted by molar-refractivity contribution is 5.74. The summed E-state index contributed by atoms with van der Waals surface area (Å²) in [5.41, 5.74) is 0.550. The van der Waals surface area contributed by atoms with Crippen LogP contribution in [0.3, 0.4) is 0 Å². The largest absolute Gasteiger partial charge is 0.497 e. The molecular weight excluding hydrogens is 324 g/mol. The molecule has 8 nitrogen and oxygen atoms in total. The van der Waals surface area contributed by atoms with E-state index in [9.17, 15) is 9.90 Å².